The van der Waals surface area contributed by atoms with Crippen LogP contribution in [0.5, 0.6) is 0 Å². The van der Waals surface area contributed by atoms with Gasteiger partial charge in [-0.15, -0.1) is 5.10 Å². The van der Waals surface area contributed by atoms with Gasteiger partial charge in [0.1, 0.15) is 5.78 Å². The van der Waals surface area contributed by atoms with Crippen LogP contribution in [0.25, 0.3) is 0 Å². The molecule has 1 heterocycles. The Morgan fingerprint density at radius 3 is 2.36 bits per heavy atom. The lowest BCUT2D eigenvalue weighted by Gasteiger charge is -2.16. The molecule has 0 bridgehead atoms. The fraction of sp³-hybridized carbons (Fsp3) is 0.833. The summed E-state index contributed by atoms with van der Waals surface area (Å²) < 4.78 is 1.93. The van der Waals surface area contributed by atoms with E-state index in [1.165, 1.54) is 0 Å². The van der Waals surface area contributed by atoms with Gasteiger partial charge in [0.05, 0.1) is 5.69 Å². The van der Waals surface area contributed by atoms with E-state index in [1.807, 2.05) is 25.5 Å². The molecule has 1 rings (SSSR count). The van der Waals surface area contributed by atoms with E-state index in [-0.39, 0.29) is 5.41 Å². The zero-order chi connectivity index (χ0) is 16.8. The number of Topliss-reactive ketones (excluding diaryl/α,β-unsaturated/α-hetero) is 1. The first-order valence-electron chi connectivity index (χ1n) is 8.50. The lowest BCUT2D eigenvalue weighted by atomic mass is 9.88. The van der Waals surface area contributed by atoms with Gasteiger partial charge in [0, 0.05) is 24.6 Å². The molecule has 0 radical (unpaired) electrons. The van der Waals surface area contributed by atoms with Gasteiger partial charge in [-0.1, -0.05) is 53.2 Å². The van der Waals surface area contributed by atoms with Crippen LogP contribution in [-0.2, 0) is 17.8 Å². The van der Waals surface area contributed by atoms with Gasteiger partial charge in [0.25, 0.3) is 0 Å². The molecule has 0 saturated carbocycles. The van der Waals surface area contributed by atoms with Gasteiger partial charge >= 0.3 is 0 Å². The van der Waals surface area contributed by atoms with Crippen molar-refractivity contribution >= 4 is 5.78 Å². The van der Waals surface area contributed by atoms with Gasteiger partial charge in [-0.2, -0.15) is 0 Å². The molecule has 0 fully saturated rings. The summed E-state index contributed by atoms with van der Waals surface area (Å²) >= 11 is 0. The van der Waals surface area contributed by atoms with Crippen LogP contribution in [0.1, 0.15) is 79.3 Å². The Morgan fingerprint density at radius 2 is 1.77 bits per heavy atom. The number of aromatic nitrogens is 3. The molecule has 4 nitrogen and oxygen atoms in total. The predicted molar refractivity (Wildman–Crippen MR) is 90.7 cm³/mol. The Bertz CT molecular complexity index is 463. The Balaban J connectivity index is 2.21. The number of nitrogens with zero attached hydrogens (tertiary/aromatic N) is 3. The first kappa shape index (κ1) is 18.9. The summed E-state index contributed by atoms with van der Waals surface area (Å²) in [4.78, 5) is 11.8. The average molecular weight is 307 g/mol. The molecule has 22 heavy (non-hydrogen) atoms. The normalized spacial score (nSPS) is 12.6. The molecule has 4 heteroatoms. The quantitative estimate of drug-likeness (QED) is 0.667. The molecule has 0 aliphatic rings. The topological polar surface area (TPSA) is 47.8 Å². The number of hydrogen-bond donors (Lipinski definition) is 0. The highest BCUT2D eigenvalue weighted by molar-refractivity contribution is 5.83. The van der Waals surface area contributed by atoms with E-state index < -0.39 is 0 Å². The molecule has 0 aliphatic heterocycles. The summed E-state index contributed by atoms with van der Waals surface area (Å²) in [5.74, 6) is 0.359. The molecule has 0 spiro atoms. The largest absolute Gasteiger partial charge is 0.299 e. The van der Waals surface area contributed by atoms with Gasteiger partial charge in [-0.3, -0.25) is 9.48 Å². The Kier molecular flexibility index (Phi) is 6.76. The smallest absolute Gasteiger partial charge is 0.138 e. The van der Waals surface area contributed by atoms with Gasteiger partial charge < -0.3 is 0 Å². The van der Waals surface area contributed by atoms with E-state index in [1.54, 1.807) is 0 Å². The molecule has 1 aromatic rings. The first-order valence-corrected chi connectivity index (χ1v) is 8.50. The Labute approximate surface area is 135 Å². The highest BCUT2D eigenvalue weighted by atomic mass is 16.1. The molecule has 1 aromatic heterocycles. The maximum Gasteiger partial charge on any atom is 0.138 e. The van der Waals surface area contributed by atoms with Gasteiger partial charge in [-0.25, -0.2) is 0 Å². The molecule has 0 amide bonds. The standard InChI is InChI=1S/C18H33N3O/c1-17(2,3)12-11-15-14-21(20-19-15)13-9-7-8-10-16(22)18(4,5)6/h14H,7-13H2,1-6H3. The third kappa shape index (κ3) is 7.71. The number of carbonyl (C=O) groups is 1. The second-order valence-corrected chi connectivity index (χ2v) is 8.52. The number of unbranched alkanes of at least 4 members (excludes halogenated alkanes) is 2. The molecule has 126 valence electrons. The highest BCUT2D eigenvalue weighted by Gasteiger charge is 2.19. The fourth-order valence-corrected chi connectivity index (χ4v) is 2.18. The van der Waals surface area contributed by atoms with Crippen molar-refractivity contribution in [3.63, 3.8) is 0 Å². The average Bonchev–Trinajstić information content (AvgIpc) is 2.82. The summed E-state index contributed by atoms with van der Waals surface area (Å²) in [5.41, 5.74) is 1.22. The van der Waals surface area contributed by atoms with Gasteiger partial charge in [0.15, 0.2) is 0 Å². The van der Waals surface area contributed by atoms with E-state index in [2.05, 4.69) is 37.3 Å². The van der Waals surface area contributed by atoms with Crippen LogP contribution in [0.4, 0.5) is 0 Å². The summed E-state index contributed by atoms with van der Waals surface area (Å²) in [6.07, 6.45) is 7.97. The zero-order valence-electron chi connectivity index (χ0n) is 15.3. The number of hydrogen-bond acceptors (Lipinski definition) is 3. The van der Waals surface area contributed by atoms with Crippen molar-refractivity contribution in [2.24, 2.45) is 10.8 Å². The minimum atomic E-state index is -0.201. The maximum absolute atomic E-state index is 11.8. The molecule has 0 atom stereocenters. The van der Waals surface area contributed by atoms with Crippen LogP contribution in [0.3, 0.4) is 0 Å². The molecular weight excluding hydrogens is 274 g/mol. The van der Waals surface area contributed by atoms with E-state index in [9.17, 15) is 4.79 Å². The molecule has 0 N–H and O–H groups in total. The van der Waals surface area contributed by atoms with Crippen LogP contribution in [0.2, 0.25) is 0 Å². The number of rotatable bonds is 8. The molecule has 0 aromatic carbocycles. The SMILES string of the molecule is CC(C)(C)CCc1cn(CCCCCC(=O)C(C)(C)C)nn1. The minimum Gasteiger partial charge on any atom is -0.299 e. The van der Waals surface area contributed by atoms with Crippen molar-refractivity contribution in [3.05, 3.63) is 11.9 Å². The van der Waals surface area contributed by atoms with Crippen molar-refractivity contribution in [1.29, 1.82) is 0 Å². The number of carbonyl (C=O) groups excluding carboxylic acids is 1. The summed E-state index contributed by atoms with van der Waals surface area (Å²) in [6.45, 7) is 13.6. The van der Waals surface area contributed by atoms with Crippen LogP contribution >= 0.6 is 0 Å². The van der Waals surface area contributed by atoms with Crippen LogP contribution in [-0.4, -0.2) is 20.8 Å². The van der Waals surface area contributed by atoms with Crippen molar-refractivity contribution in [1.82, 2.24) is 15.0 Å². The first-order chi connectivity index (χ1) is 10.1. The second-order valence-electron chi connectivity index (χ2n) is 8.52. The second kappa shape index (κ2) is 7.89. The van der Waals surface area contributed by atoms with E-state index in [0.717, 1.165) is 44.3 Å². The minimum absolute atomic E-state index is 0.201. The highest BCUT2D eigenvalue weighted by Crippen LogP contribution is 2.21. The van der Waals surface area contributed by atoms with Gasteiger partial charge in [0.2, 0.25) is 0 Å². The van der Waals surface area contributed by atoms with Crippen molar-refractivity contribution in [3.8, 4) is 0 Å². The molecule has 0 saturated heterocycles. The molecule has 0 unspecified atom stereocenters. The fourth-order valence-electron chi connectivity index (χ4n) is 2.18. The molecular formula is C18H33N3O. The summed E-state index contributed by atoms with van der Waals surface area (Å²) in [7, 11) is 0. The summed E-state index contributed by atoms with van der Waals surface area (Å²) in [6, 6.07) is 0. The maximum atomic E-state index is 11.8. The Hall–Kier alpha value is -1.19. The van der Waals surface area contributed by atoms with Gasteiger partial charge in [-0.05, 0) is 31.1 Å². The Morgan fingerprint density at radius 1 is 1.09 bits per heavy atom. The molecule has 0 aliphatic carbocycles. The van der Waals surface area contributed by atoms with Crippen molar-refractivity contribution < 1.29 is 4.79 Å². The van der Waals surface area contributed by atoms with E-state index in [0.29, 0.717) is 17.6 Å². The van der Waals surface area contributed by atoms with Crippen molar-refractivity contribution in [2.75, 3.05) is 0 Å². The summed E-state index contributed by atoms with van der Waals surface area (Å²) in [5, 5.41) is 8.43. The van der Waals surface area contributed by atoms with Crippen molar-refractivity contribution in [2.45, 2.75) is 86.6 Å². The monoisotopic (exact) mass is 307 g/mol. The zero-order valence-corrected chi connectivity index (χ0v) is 15.3. The van der Waals surface area contributed by atoms with Crippen LogP contribution < -0.4 is 0 Å². The third-order valence-corrected chi connectivity index (χ3v) is 3.84. The predicted octanol–water partition coefficient (Wildman–Crippen LogP) is 4.43. The van der Waals surface area contributed by atoms with Crippen LogP contribution in [0, 0.1) is 10.8 Å². The van der Waals surface area contributed by atoms with E-state index >= 15 is 0 Å². The number of ketones is 1. The van der Waals surface area contributed by atoms with E-state index in [4.69, 9.17) is 0 Å². The van der Waals surface area contributed by atoms with Crippen LogP contribution in [0.15, 0.2) is 6.20 Å². The number of aryl methyl sites for hydroxylation is 2. The lowest BCUT2D eigenvalue weighted by Crippen LogP contribution is -2.19. The lowest BCUT2D eigenvalue weighted by molar-refractivity contribution is -0.126. The third-order valence-electron chi connectivity index (χ3n) is 3.84.